The molecule has 7 heteroatoms. The van der Waals surface area contributed by atoms with Gasteiger partial charge in [0.2, 0.25) is 5.91 Å². The Hall–Kier alpha value is -2.64. The maximum Gasteiger partial charge on any atom is 0.262 e. The van der Waals surface area contributed by atoms with Crippen LogP contribution in [0.1, 0.15) is 39.2 Å². The Kier molecular flexibility index (Phi) is 8.06. The van der Waals surface area contributed by atoms with Gasteiger partial charge in [-0.05, 0) is 69.6 Å². The van der Waals surface area contributed by atoms with E-state index < -0.39 is 0 Å². The van der Waals surface area contributed by atoms with Crippen molar-refractivity contribution in [3.05, 3.63) is 64.4 Å². The zero-order chi connectivity index (χ0) is 24.1. The summed E-state index contributed by atoms with van der Waals surface area (Å²) in [5, 5.41) is 0.890. The van der Waals surface area contributed by atoms with E-state index in [1.165, 1.54) is 17.3 Å². The van der Waals surface area contributed by atoms with Crippen molar-refractivity contribution in [2.24, 2.45) is 0 Å². The van der Waals surface area contributed by atoms with Gasteiger partial charge in [-0.1, -0.05) is 55.9 Å². The van der Waals surface area contributed by atoms with Crippen LogP contribution < -0.4 is 10.5 Å². The molecule has 4 rings (SSSR count). The first kappa shape index (κ1) is 24.5. The Morgan fingerprint density at radius 2 is 1.85 bits per heavy atom. The number of para-hydroxylation sites is 2. The van der Waals surface area contributed by atoms with E-state index in [-0.39, 0.29) is 16.7 Å². The molecule has 2 heterocycles. The summed E-state index contributed by atoms with van der Waals surface area (Å²) in [5.74, 6) is 0.0641. The number of nitrogens with zero attached hydrogens (tertiary/aromatic N) is 4. The summed E-state index contributed by atoms with van der Waals surface area (Å²) < 4.78 is 1.77. The van der Waals surface area contributed by atoms with Crippen molar-refractivity contribution >= 4 is 34.3 Å². The average Bonchev–Trinajstić information content (AvgIpc) is 2.87. The van der Waals surface area contributed by atoms with Crippen LogP contribution in [0.4, 0.5) is 5.69 Å². The van der Waals surface area contributed by atoms with E-state index in [0.29, 0.717) is 22.6 Å². The second-order valence-corrected chi connectivity index (χ2v) is 10.0. The molecule has 6 nitrogen and oxygen atoms in total. The normalized spacial score (nSPS) is 14.4. The largest absolute Gasteiger partial charge is 0.311 e. The first-order valence-electron chi connectivity index (χ1n) is 12.3. The van der Waals surface area contributed by atoms with Gasteiger partial charge < -0.3 is 9.80 Å². The van der Waals surface area contributed by atoms with Crippen molar-refractivity contribution < 1.29 is 4.79 Å². The number of fused-ring (bicyclic) bond motifs is 2. The highest BCUT2D eigenvalue weighted by Gasteiger charge is 2.28. The molecule has 180 valence electrons. The zero-order valence-electron chi connectivity index (χ0n) is 20.4. The number of aromatic nitrogens is 2. The standard InChI is InChI=1S/C27H34N4O2S/c1-4-29(5-2)17-11-19-31-26(33)22-14-7-8-15-23(22)28-27(31)34-20(3)25(32)30-18-10-13-21-12-6-9-16-24(21)30/h6-9,12,14-16,20H,4-5,10-11,13,17-19H2,1-3H3. The smallest absolute Gasteiger partial charge is 0.262 e. The Morgan fingerprint density at radius 1 is 1.12 bits per heavy atom. The molecule has 0 fully saturated rings. The molecule has 1 atom stereocenters. The molecule has 34 heavy (non-hydrogen) atoms. The maximum atomic E-state index is 13.5. The number of carbonyl (C=O) groups excluding carboxylic acids is 1. The van der Waals surface area contributed by atoms with Crippen molar-refractivity contribution in [3.8, 4) is 0 Å². The van der Waals surface area contributed by atoms with Crippen LogP contribution in [0.2, 0.25) is 0 Å². The molecule has 0 bridgehead atoms. The van der Waals surface area contributed by atoms with Gasteiger partial charge in [-0.15, -0.1) is 0 Å². The highest BCUT2D eigenvalue weighted by Crippen LogP contribution is 2.30. The summed E-state index contributed by atoms with van der Waals surface area (Å²) in [4.78, 5) is 36.0. The molecule has 0 N–H and O–H groups in total. The summed E-state index contributed by atoms with van der Waals surface area (Å²) in [6, 6.07) is 15.6. The van der Waals surface area contributed by atoms with Crippen LogP contribution in [0.25, 0.3) is 10.9 Å². The van der Waals surface area contributed by atoms with E-state index in [1.807, 2.05) is 54.3 Å². The first-order valence-corrected chi connectivity index (χ1v) is 13.2. The molecule has 0 radical (unpaired) electrons. The van der Waals surface area contributed by atoms with E-state index >= 15 is 0 Å². The molecule has 0 spiro atoms. The van der Waals surface area contributed by atoms with Crippen LogP contribution in [0, 0.1) is 0 Å². The SMILES string of the molecule is CCN(CC)CCCn1c(SC(C)C(=O)N2CCCc3ccccc32)nc2ccccc2c1=O. The number of rotatable bonds is 9. The van der Waals surface area contributed by atoms with Gasteiger partial charge in [0.25, 0.3) is 5.56 Å². The summed E-state index contributed by atoms with van der Waals surface area (Å²) in [6.07, 6.45) is 2.82. The second-order valence-electron chi connectivity index (χ2n) is 8.73. The molecule has 1 aliphatic heterocycles. The third-order valence-corrected chi connectivity index (χ3v) is 7.66. The van der Waals surface area contributed by atoms with Gasteiger partial charge in [0, 0.05) is 18.8 Å². The number of carbonyl (C=O) groups is 1. The van der Waals surface area contributed by atoms with Gasteiger partial charge in [0.05, 0.1) is 16.2 Å². The van der Waals surface area contributed by atoms with Gasteiger partial charge in [0.1, 0.15) is 0 Å². The predicted molar refractivity (Wildman–Crippen MR) is 141 cm³/mol. The minimum absolute atomic E-state index is 0.0318. The Bertz CT molecular complexity index is 1200. The lowest BCUT2D eigenvalue weighted by Crippen LogP contribution is -2.40. The molecule has 1 unspecified atom stereocenters. The number of benzene rings is 2. The fourth-order valence-corrected chi connectivity index (χ4v) is 5.61. The fourth-order valence-electron chi connectivity index (χ4n) is 4.62. The average molecular weight is 479 g/mol. The van der Waals surface area contributed by atoms with Gasteiger partial charge >= 0.3 is 0 Å². The molecular weight excluding hydrogens is 444 g/mol. The molecule has 1 aliphatic rings. The topological polar surface area (TPSA) is 58.4 Å². The number of thioether (sulfide) groups is 1. The van der Waals surface area contributed by atoms with Crippen molar-refractivity contribution in [3.63, 3.8) is 0 Å². The second kappa shape index (κ2) is 11.2. The number of aryl methyl sites for hydroxylation is 1. The fraction of sp³-hybridized carbons (Fsp3) is 0.444. The van der Waals surface area contributed by atoms with Gasteiger partial charge in [-0.2, -0.15) is 0 Å². The minimum atomic E-state index is -0.353. The van der Waals surface area contributed by atoms with Gasteiger partial charge in [0.15, 0.2) is 5.16 Å². The summed E-state index contributed by atoms with van der Waals surface area (Å²) in [7, 11) is 0. The molecular formula is C27H34N4O2S. The van der Waals surface area contributed by atoms with Crippen LogP contribution in [0.15, 0.2) is 58.5 Å². The maximum absolute atomic E-state index is 13.5. The summed E-state index contributed by atoms with van der Waals surface area (Å²) in [5.41, 5.74) is 2.87. The first-order chi connectivity index (χ1) is 16.5. The highest BCUT2D eigenvalue weighted by molar-refractivity contribution is 8.00. The van der Waals surface area contributed by atoms with Gasteiger partial charge in [-0.25, -0.2) is 4.98 Å². The van der Waals surface area contributed by atoms with Crippen molar-refractivity contribution in [1.82, 2.24) is 14.5 Å². The number of hydrogen-bond acceptors (Lipinski definition) is 5. The predicted octanol–water partition coefficient (Wildman–Crippen LogP) is 4.59. The Labute approximate surface area is 206 Å². The lowest BCUT2D eigenvalue weighted by molar-refractivity contribution is -0.117. The van der Waals surface area contributed by atoms with Gasteiger partial charge in [-0.3, -0.25) is 14.2 Å². The zero-order valence-corrected chi connectivity index (χ0v) is 21.2. The van der Waals surface area contributed by atoms with Crippen LogP contribution in [0.3, 0.4) is 0 Å². The monoisotopic (exact) mass is 478 g/mol. The van der Waals surface area contributed by atoms with Crippen LogP contribution >= 0.6 is 11.8 Å². The highest BCUT2D eigenvalue weighted by atomic mass is 32.2. The molecule has 0 saturated carbocycles. The molecule has 3 aromatic rings. The molecule has 0 saturated heterocycles. The Balaban J connectivity index is 1.60. The summed E-state index contributed by atoms with van der Waals surface area (Å²) in [6.45, 7) is 10.4. The van der Waals surface area contributed by atoms with E-state index in [0.717, 1.165) is 51.1 Å². The van der Waals surface area contributed by atoms with Crippen LogP contribution in [0.5, 0.6) is 0 Å². The van der Waals surface area contributed by atoms with E-state index in [2.05, 4.69) is 24.8 Å². The number of hydrogen-bond donors (Lipinski definition) is 0. The third-order valence-electron chi connectivity index (χ3n) is 6.58. The van der Waals surface area contributed by atoms with Crippen molar-refractivity contribution in [2.75, 3.05) is 31.1 Å². The van der Waals surface area contributed by atoms with Crippen molar-refractivity contribution in [1.29, 1.82) is 0 Å². The van der Waals surface area contributed by atoms with Crippen LogP contribution in [-0.4, -0.2) is 51.8 Å². The van der Waals surface area contributed by atoms with E-state index in [4.69, 9.17) is 4.98 Å². The number of amides is 1. The lowest BCUT2D eigenvalue weighted by atomic mass is 10.0. The minimum Gasteiger partial charge on any atom is -0.311 e. The van der Waals surface area contributed by atoms with E-state index in [1.54, 1.807) is 4.57 Å². The molecule has 1 aromatic heterocycles. The summed E-state index contributed by atoms with van der Waals surface area (Å²) >= 11 is 1.39. The molecule has 0 aliphatic carbocycles. The quantitative estimate of drug-likeness (QED) is 0.333. The van der Waals surface area contributed by atoms with E-state index in [9.17, 15) is 9.59 Å². The lowest BCUT2D eigenvalue weighted by Gasteiger charge is -2.31. The third kappa shape index (κ3) is 5.20. The number of anilines is 1. The van der Waals surface area contributed by atoms with Crippen molar-refractivity contribution in [2.45, 2.75) is 57.0 Å². The Morgan fingerprint density at radius 3 is 2.65 bits per heavy atom. The molecule has 1 amide bonds. The molecule has 2 aromatic carbocycles. The van der Waals surface area contributed by atoms with Crippen LogP contribution in [-0.2, 0) is 17.8 Å².